The fourth-order valence-corrected chi connectivity index (χ4v) is 3.06. The number of fused-ring (bicyclic) bond motifs is 1. The van der Waals surface area contributed by atoms with Crippen LogP contribution in [-0.4, -0.2) is 32.4 Å². The van der Waals surface area contributed by atoms with Gasteiger partial charge in [-0.3, -0.25) is 4.79 Å². The minimum atomic E-state index is -0.246. The minimum Gasteiger partial charge on any atom is -0.333 e. The van der Waals surface area contributed by atoms with Gasteiger partial charge in [0.2, 0.25) is 5.91 Å². The van der Waals surface area contributed by atoms with E-state index in [1.807, 2.05) is 11.1 Å². The molecule has 2 heterocycles. The first kappa shape index (κ1) is 11.7. The summed E-state index contributed by atoms with van der Waals surface area (Å²) in [6.07, 6.45) is 8.56. The average molecular weight is 248 g/mol. The molecular formula is C13H20N4O. The van der Waals surface area contributed by atoms with E-state index in [0.717, 1.165) is 44.6 Å². The summed E-state index contributed by atoms with van der Waals surface area (Å²) in [5, 5.41) is 0. The molecule has 0 radical (unpaired) electrons. The lowest BCUT2D eigenvalue weighted by Crippen LogP contribution is -2.45. The third-order valence-corrected chi connectivity index (χ3v) is 4.20. The van der Waals surface area contributed by atoms with E-state index in [9.17, 15) is 4.79 Å². The van der Waals surface area contributed by atoms with E-state index in [4.69, 9.17) is 5.73 Å². The number of rotatable bonds is 2. The maximum atomic E-state index is 12.3. The van der Waals surface area contributed by atoms with Gasteiger partial charge >= 0.3 is 0 Å². The average Bonchev–Trinajstić information content (AvgIpc) is 2.96. The van der Waals surface area contributed by atoms with E-state index in [2.05, 4.69) is 9.55 Å². The molecule has 1 saturated carbocycles. The number of nitrogens with two attached hydrogens (primary N) is 1. The number of hydrogen-bond acceptors (Lipinski definition) is 3. The van der Waals surface area contributed by atoms with Crippen LogP contribution in [0.2, 0.25) is 0 Å². The van der Waals surface area contributed by atoms with Gasteiger partial charge in [-0.15, -0.1) is 0 Å². The standard InChI is InChI=1S/C13H20N4O/c14-13(3-1-2-4-13)9-12(18)17-8-7-16-6-5-15-11(16)10-17/h5-6H,1-4,7-10,14H2. The summed E-state index contributed by atoms with van der Waals surface area (Å²) in [6, 6.07) is 0. The van der Waals surface area contributed by atoms with Crippen LogP contribution in [0.1, 0.15) is 37.9 Å². The largest absolute Gasteiger partial charge is 0.333 e. The van der Waals surface area contributed by atoms with Gasteiger partial charge in [-0.1, -0.05) is 12.8 Å². The van der Waals surface area contributed by atoms with Crippen LogP contribution in [0.4, 0.5) is 0 Å². The predicted molar refractivity (Wildman–Crippen MR) is 67.6 cm³/mol. The summed E-state index contributed by atoms with van der Waals surface area (Å²) in [5.41, 5.74) is 6.03. The summed E-state index contributed by atoms with van der Waals surface area (Å²) in [6.45, 7) is 2.25. The molecule has 2 aliphatic rings. The van der Waals surface area contributed by atoms with Crippen LogP contribution in [0, 0.1) is 0 Å². The molecule has 1 amide bonds. The first-order chi connectivity index (χ1) is 8.66. The molecule has 0 unspecified atom stereocenters. The second-order valence-electron chi connectivity index (χ2n) is 5.60. The third kappa shape index (κ3) is 2.14. The second-order valence-corrected chi connectivity index (χ2v) is 5.60. The zero-order valence-corrected chi connectivity index (χ0v) is 10.6. The van der Waals surface area contributed by atoms with Crippen molar-refractivity contribution in [1.82, 2.24) is 14.5 Å². The highest BCUT2D eigenvalue weighted by molar-refractivity contribution is 5.77. The molecule has 0 atom stereocenters. The number of carbonyl (C=O) groups is 1. The van der Waals surface area contributed by atoms with E-state index < -0.39 is 0 Å². The van der Waals surface area contributed by atoms with Gasteiger partial charge in [-0.2, -0.15) is 0 Å². The summed E-state index contributed by atoms with van der Waals surface area (Å²) < 4.78 is 2.11. The van der Waals surface area contributed by atoms with Gasteiger partial charge in [0.25, 0.3) is 0 Å². The van der Waals surface area contributed by atoms with Crippen molar-refractivity contribution in [2.75, 3.05) is 6.54 Å². The Bertz CT molecular complexity index is 448. The fourth-order valence-electron chi connectivity index (χ4n) is 3.06. The first-order valence-electron chi connectivity index (χ1n) is 6.73. The normalized spacial score (nSPS) is 21.9. The van der Waals surface area contributed by atoms with Gasteiger partial charge in [-0.05, 0) is 12.8 Å². The second kappa shape index (κ2) is 4.39. The SMILES string of the molecule is NC1(CC(=O)N2CCn3ccnc3C2)CCCC1. The minimum absolute atomic E-state index is 0.189. The Hall–Kier alpha value is -1.36. The van der Waals surface area contributed by atoms with Gasteiger partial charge in [0.1, 0.15) is 5.82 Å². The molecule has 5 heteroatoms. The monoisotopic (exact) mass is 248 g/mol. The highest BCUT2D eigenvalue weighted by Gasteiger charge is 2.34. The van der Waals surface area contributed by atoms with Crippen LogP contribution in [0.5, 0.6) is 0 Å². The van der Waals surface area contributed by atoms with Gasteiger partial charge < -0.3 is 15.2 Å². The lowest BCUT2D eigenvalue weighted by atomic mass is 9.94. The van der Waals surface area contributed by atoms with Crippen LogP contribution < -0.4 is 5.73 Å². The molecule has 0 spiro atoms. The Morgan fingerprint density at radius 3 is 2.94 bits per heavy atom. The quantitative estimate of drug-likeness (QED) is 0.845. The Labute approximate surface area is 107 Å². The van der Waals surface area contributed by atoms with E-state index in [0.29, 0.717) is 13.0 Å². The van der Waals surface area contributed by atoms with Crippen LogP contribution in [-0.2, 0) is 17.9 Å². The molecule has 2 N–H and O–H groups in total. The van der Waals surface area contributed by atoms with E-state index in [1.165, 1.54) is 0 Å². The topological polar surface area (TPSA) is 64.2 Å². The number of carbonyl (C=O) groups excluding carboxylic acids is 1. The smallest absolute Gasteiger partial charge is 0.224 e. The van der Waals surface area contributed by atoms with E-state index in [1.54, 1.807) is 6.20 Å². The molecule has 1 fully saturated rings. The number of hydrogen-bond donors (Lipinski definition) is 1. The first-order valence-corrected chi connectivity index (χ1v) is 6.73. The predicted octanol–water partition coefficient (Wildman–Crippen LogP) is 0.887. The zero-order chi connectivity index (χ0) is 12.6. The van der Waals surface area contributed by atoms with Crippen molar-refractivity contribution in [3.05, 3.63) is 18.2 Å². The summed E-state index contributed by atoms with van der Waals surface area (Å²) >= 11 is 0. The lowest BCUT2D eigenvalue weighted by Gasteiger charge is -2.31. The van der Waals surface area contributed by atoms with Gasteiger partial charge in [0.15, 0.2) is 0 Å². The fraction of sp³-hybridized carbons (Fsp3) is 0.692. The molecule has 98 valence electrons. The van der Waals surface area contributed by atoms with E-state index in [-0.39, 0.29) is 11.4 Å². The van der Waals surface area contributed by atoms with Gasteiger partial charge in [-0.25, -0.2) is 4.98 Å². The highest BCUT2D eigenvalue weighted by atomic mass is 16.2. The summed E-state index contributed by atoms with van der Waals surface area (Å²) in [4.78, 5) is 18.5. The van der Waals surface area contributed by atoms with Crippen molar-refractivity contribution >= 4 is 5.91 Å². The van der Waals surface area contributed by atoms with Crippen molar-refractivity contribution in [2.24, 2.45) is 5.73 Å². The molecule has 0 bridgehead atoms. The molecule has 1 aliphatic carbocycles. The van der Waals surface area contributed by atoms with Crippen molar-refractivity contribution in [3.63, 3.8) is 0 Å². The van der Waals surface area contributed by atoms with E-state index >= 15 is 0 Å². The molecule has 5 nitrogen and oxygen atoms in total. The maximum Gasteiger partial charge on any atom is 0.224 e. The van der Waals surface area contributed by atoms with Crippen LogP contribution in [0.25, 0.3) is 0 Å². The molecular weight excluding hydrogens is 228 g/mol. The highest BCUT2D eigenvalue weighted by Crippen LogP contribution is 2.30. The molecule has 18 heavy (non-hydrogen) atoms. The van der Waals surface area contributed by atoms with Crippen molar-refractivity contribution in [2.45, 2.75) is 50.7 Å². The zero-order valence-electron chi connectivity index (χ0n) is 10.6. The Morgan fingerprint density at radius 2 is 2.17 bits per heavy atom. The molecule has 0 aromatic carbocycles. The van der Waals surface area contributed by atoms with Crippen LogP contribution in [0.3, 0.4) is 0 Å². The summed E-state index contributed by atoms with van der Waals surface area (Å²) in [5.74, 6) is 1.17. The van der Waals surface area contributed by atoms with Crippen LogP contribution in [0.15, 0.2) is 12.4 Å². The third-order valence-electron chi connectivity index (χ3n) is 4.20. The van der Waals surface area contributed by atoms with Crippen molar-refractivity contribution in [3.8, 4) is 0 Å². The van der Waals surface area contributed by atoms with Crippen molar-refractivity contribution < 1.29 is 4.79 Å². The molecule has 1 aliphatic heterocycles. The maximum absolute atomic E-state index is 12.3. The Kier molecular flexibility index (Phi) is 2.86. The number of nitrogens with zero attached hydrogens (tertiary/aromatic N) is 3. The summed E-state index contributed by atoms with van der Waals surface area (Å²) in [7, 11) is 0. The van der Waals surface area contributed by atoms with Gasteiger partial charge in [0.05, 0.1) is 6.54 Å². The number of aromatic nitrogens is 2. The molecule has 3 rings (SSSR count). The molecule has 0 saturated heterocycles. The lowest BCUT2D eigenvalue weighted by molar-refractivity contribution is -0.134. The Morgan fingerprint density at radius 1 is 1.39 bits per heavy atom. The van der Waals surface area contributed by atoms with Crippen molar-refractivity contribution in [1.29, 1.82) is 0 Å². The Balaban J connectivity index is 1.64. The molecule has 1 aromatic heterocycles. The van der Waals surface area contributed by atoms with Crippen LogP contribution >= 0.6 is 0 Å². The van der Waals surface area contributed by atoms with Gasteiger partial charge in [0, 0.05) is 37.4 Å². The number of imidazole rings is 1. The number of amides is 1. The molecule has 1 aromatic rings.